The van der Waals surface area contributed by atoms with Gasteiger partial charge < -0.3 is 15.8 Å². The Hall–Kier alpha value is -0.650. The predicted molar refractivity (Wildman–Crippen MR) is 69.9 cm³/mol. The van der Waals surface area contributed by atoms with Crippen LogP contribution in [0.1, 0.15) is 27.7 Å². The van der Waals surface area contributed by atoms with E-state index in [-0.39, 0.29) is 11.9 Å². The Bertz CT molecular complexity index is 236. The number of nitrogens with two attached hydrogens (primary N) is 1. The molecule has 5 nitrogen and oxygen atoms in total. The van der Waals surface area contributed by atoms with Crippen molar-refractivity contribution in [2.45, 2.75) is 39.3 Å². The third kappa shape index (κ3) is 5.02. The summed E-state index contributed by atoms with van der Waals surface area (Å²) < 4.78 is 5.14. The number of likely N-dealkylation sites (N-methyl/N-ethyl adjacent to an activating group) is 2. The Labute approximate surface area is 105 Å². The predicted octanol–water partition coefficient (Wildman–Crippen LogP) is 0.197. The number of nitrogens with one attached hydrogen (secondary N) is 1. The normalized spacial score (nSPS) is 16.8. The Morgan fingerprint density at radius 2 is 2.12 bits per heavy atom. The molecule has 1 amide bonds. The lowest BCUT2D eigenvalue weighted by molar-refractivity contribution is -0.124. The summed E-state index contributed by atoms with van der Waals surface area (Å²) in [5.74, 6) is -0.317. The molecule has 0 radical (unpaired) electrons. The van der Waals surface area contributed by atoms with Crippen LogP contribution in [0, 0.1) is 0 Å². The van der Waals surface area contributed by atoms with Crippen LogP contribution in [0.4, 0.5) is 0 Å². The number of carbonyl (C=O) groups is 1. The highest BCUT2D eigenvalue weighted by atomic mass is 16.5. The summed E-state index contributed by atoms with van der Waals surface area (Å²) in [4.78, 5) is 13.7. The van der Waals surface area contributed by atoms with Crippen LogP contribution in [0.2, 0.25) is 0 Å². The van der Waals surface area contributed by atoms with Crippen LogP contribution in [0.15, 0.2) is 0 Å². The molecule has 0 aromatic heterocycles. The third-order valence-corrected chi connectivity index (χ3v) is 3.07. The number of hydrogen-bond donors (Lipinski definition) is 2. The second kappa shape index (κ2) is 7.63. The fourth-order valence-corrected chi connectivity index (χ4v) is 1.94. The Morgan fingerprint density at radius 1 is 1.53 bits per heavy atom. The summed E-state index contributed by atoms with van der Waals surface area (Å²) >= 11 is 0. The van der Waals surface area contributed by atoms with Crippen molar-refractivity contribution in [3.05, 3.63) is 0 Å². The molecular formula is C12H27N3O2. The number of carbonyl (C=O) groups excluding carboxylic acids is 1. The molecule has 0 bridgehead atoms. The fourth-order valence-electron chi connectivity index (χ4n) is 1.94. The van der Waals surface area contributed by atoms with E-state index in [2.05, 4.69) is 24.1 Å². The van der Waals surface area contributed by atoms with Crippen molar-refractivity contribution >= 4 is 5.91 Å². The molecule has 3 N–H and O–H groups in total. The van der Waals surface area contributed by atoms with Crippen LogP contribution in [0.5, 0.6) is 0 Å². The average Bonchev–Trinajstić information content (AvgIpc) is 2.26. The second-order valence-electron chi connectivity index (χ2n) is 4.59. The standard InChI is InChI=1S/C12H27N3O2/c1-6-14-12(4,11(13)16)9-15(7-2)10(3)8-17-5/h10,14H,6-9H2,1-5H3,(H2,13,16). The van der Waals surface area contributed by atoms with Crippen molar-refractivity contribution in [3.8, 4) is 0 Å². The smallest absolute Gasteiger partial charge is 0.238 e. The molecule has 17 heavy (non-hydrogen) atoms. The Morgan fingerprint density at radius 3 is 2.47 bits per heavy atom. The van der Waals surface area contributed by atoms with E-state index in [0.29, 0.717) is 13.2 Å². The molecule has 0 rings (SSSR count). The monoisotopic (exact) mass is 245 g/mol. The van der Waals surface area contributed by atoms with E-state index in [9.17, 15) is 4.79 Å². The molecule has 0 saturated carbocycles. The molecular weight excluding hydrogens is 218 g/mol. The maximum atomic E-state index is 11.5. The lowest BCUT2D eigenvalue weighted by Crippen LogP contribution is -2.60. The SMILES string of the molecule is CCNC(C)(CN(CC)C(C)COC)C(N)=O. The number of nitrogens with zero attached hydrogens (tertiary/aromatic N) is 1. The molecule has 0 saturated heterocycles. The summed E-state index contributed by atoms with van der Waals surface area (Å²) in [6, 6.07) is 0.266. The van der Waals surface area contributed by atoms with Crippen LogP contribution in [-0.2, 0) is 9.53 Å². The molecule has 2 atom stereocenters. The summed E-state index contributed by atoms with van der Waals surface area (Å²) in [6.45, 7) is 10.8. The van der Waals surface area contributed by atoms with Crippen molar-refractivity contribution in [1.29, 1.82) is 0 Å². The molecule has 0 aliphatic heterocycles. The first-order valence-electron chi connectivity index (χ1n) is 6.19. The van der Waals surface area contributed by atoms with Gasteiger partial charge in [-0.15, -0.1) is 0 Å². The van der Waals surface area contributed by atoms with Crippen LogP contribution in [0.3, 0.4) is 0 Å². The third-order valence-electron chi connectivity index (χ3n) is 3.07. The van der Waals surface area contributed by atoms with Gasteiger partial charge >= 0.3 is 0 Å². The van der Waals surface area contributed by atoms with Gasteiger partial charge in [-0.1, -0.05) is 13.8 Å². The van der Waals surface area contributed by atoms with Crippen LogP contribution >= 0.6 is 0 Å². The van der Waals surface area contributed by atoms with Gasteiger partial charge in [0.25, 0.3) is 0 Å². The van der Waals surface area contributed by atoms with Crippen molar-refractivity contribution in [2.24, 2.45) is 5.73 Å². The fraction of sp³-hybridized carbons (Fsp3) is 0.917. The Kier molecular flexibility index (Phi) is 7.34. The van der Waals surface area contributed by atoms with E-state index in [1.54, 1.807) is 7.11 Å². The van der Waals surface area contributed by atoms with Crippen LogP contribution in [0.25, 0.3) is 0 Å². The highest BCUT2D eigenvalue weighted by Gasteiger charge is 2.33. The zero-order valence-electron chi connectivity index (χ0n) is 11.7. The molecule has 0 spiro atoms. The van der Waals surface area contributed by atoms with Gasteiger partial charge in [-0.2, -0.15) is 0 Å². The maximum Gasteiger partial charge on any atom is 0.238 e. The zero-order chi connectivity index (χ0) is 13.5. The molecule has 2 unspecified atom stereocenters. The summed E-state index contributed by atoms with van der Waals surface area (Å²) in [6.07, 6.45) is 0. The molecule has 0 aromatic carbocycles. The molecule has 5 heteroatoms. The lowest BCUT2D eigenvalue weighted by atomic mass is 10.00. The van der Waals surface area contributed by atoms with Crippen LogP contribution in [-0.4, -0.2) is 55.7 Å². The summed E-state index contributed by atoms with van der Waals surface area (Å²) in [7, 11) is 1.68. The molecule has 102 valence electrons. The van der Waals surface area contributed by atoms with E-state index >= 15 is 0 Å². The van der Waals surface area contributed by atoms with Gasteiger partial charge in [0.05, 0.1) is 6.61 Å². The van der Waals surface area contributed by atoms with Crippen molar-refractivity contribution in [1.82, 2.24) is 10.2 Å². The Balaban J connectivity index is 4.65. The molecule has 0 heterocycles. The minimum absolute atomic E-state index is 0.266. The molecule has 0 aromatic rings. The highest BCUT2D eigenvalue weighted by molar-refractivity contribution is 5.84. The van der Waals surface area contributed by atoms with Gasteiger partial charge in [-0.3, -0.25) is 9.69 Å². The number of rotatable bonds is 9. The molecule has 0 fully saturated rings. The van der Waals surface area contributed by atoms with Crippen molar-refractivity contribution in [2.75, 3.05) is 33.4 Å². The average molecular weight is 245 g/mol. The van der Waals surface area contributed by atoms with Gasteiger partial charge in [0.1, 0.15) is 5.54 Å². The summed E-state index contributed by atoms with van der Waals surface area (Å²) in [5, 5.41) is 3.16. The van der Waals surface area contributed by atoms with E-state index in [0.717, 1.165) is 13.1 Å². The number of amides is 1. The number of ether oxygens (including phenoxy) is 1. The van der Waals surface area contributed by atoms with Gasteiger partial charge in [0, 0.05) is 19.7 Å². The first kappa shape index (κ1) is 16.4. The van der Waals surface area contributed by atoms with E-state index in [1.165, 1.54) is 0 Å². The van der Waals surface area contributed by atoms with Gasteiger partial charge in [-0.25, -0.2) is 0 Å². The number of primary amides is 1. The largest absolute Gasteiger partial charge is 0.383 e. The number of methoxy groups -OCH3 is 1. The number of hydrogen-bond acceptors (Lipinski definition) is 4. The van der Waals surface area contributed by atoms with Crippen molar-refractivity contribution < 1.29 is 9.53 Å². The topological polar surface area (TPSA) is 67.6 Å². The molecule has 0 aliphatic carbocycles. The van der Waals surface area contributed by atoms with E-state index in [4.69, 9.17) is 10.5 Å². The van der Waals surface area contributed by atoms with Crippen LogP contribution < -0.4 is 11.1 Å². The van der Waals surface area contributed by atoms with Gasteiger partial charge in [0.15, 0.2) is 0 Å². The van der Waals surface area contributed by atoms with Gasteiger partial charge in [0.2, 0.25) is 5.91 Å². The maximum absolute atomic E-state index is 11.5. The first-order valence-corrected chi connectivity index (χ1v) is 6.19. The first-order chi connectivity index (χ1) is 7.91. The lowest BCUT2D eigenvalue weighted by Gasteiger charge is -2.36. The second-order valence-corrected chi connectivity index (χ2v) is 4.59. The summed E-state index contributed by atoms with van der Waals surface area (Å²) in [5.41, 5.74) is 4.79. The van der Waals surface area contributed by atoms with Crippen molar-refractivity contribution in [3.63, 3.8) is 0 Å². The van der Waals surface area contributed by atoms with E-state index in [1.807, 2.05) is 13.8 Å². The highest BCUT2D eigenvalue weighted by Crippen LogP contribution is 2.09. The molecule has 0 aliphatic rings. The zero-order valence-corrected chi connectivity index (χ0v) is 11.7. The van der Waals surface area contributed by atoms with Gasteiger partial charge in [-0.05, 0) is 26.9 Å². The van der Waals surface area contributed by atoms with E-state index < -0.39 is 5.54 Å². The minimum atomic E-state index is -0.688. The quantitative estimate of drug-likeness (QED) is 0.609. The minimum Gasteiger partial charge on any atom is -0.383 e.